The molecule has 1 aliphatic carbocycles. The zero-order valence-electron chi connectivity index (χ0n) is 11.5. The number of ether oxygens (including phenoxy) is 1. The van der Waals surface area contributed by atoms with Crippen LogP contribution in [0.15, 0.2) is 0 Å². The summed E-state index contributed by atoms with van der Waals surface area (Å²) in [6.07, 6.45) is 0. The van der Waals surface area contributed by atoms with Crippen LogP contribution in [0.1, 0.15) is 0 Å². The van der Waals surface area contributed by atoms with Crippen molar-refractivity contribution in [1.29, 1.82) is 0 Å². The van der Waals surface area contributed by atoms with Crippen molar-refractivity contribution in [3.63, 3.8) is 0 Å². The average Bonchev–Trinajstić information content (AvgIpc) is 2.49. The number of halogens is 14. The van der Waals surface area contributed by atoms with Crippen molar-refractivity contribution in [2.24, 2.45) is 0 Å². The first-order chi connectivity index (χ1) is 11.2. The van der Waals surface area contributed by atoms with Crippen LogP contribution in [0.4, 0.5) is 52.7 Å². The average molecular weight is 544 g/mol. The fraction of sp³-hybridized carbons (Fsp3) is 0.900. The number of hydrogen-bond donors (Lipinski definition) is 0. The number of rotatable bonds is 4. The molecule has 0 aliphatic heterocycles. The van der Waals surface area contributed by atoms with E-state index in [4.69, 9.17) is 0 Å². The van der Waals surface area contributed by atoms with Crippen LogP contribution in [0.25, 0.3) is 0 Å². The standard InChI is InChI=1S/C10H4Br2F12O2/c11-1-4(12,13)3(25)26-2-5(14)6(15,16)8(19,20)10(23,24)9(21,22)7(5,17)18/h1-2H2. The van der Waals surface area contributed by atoms with Gasteiger partial charge in [-0.3, -0.25) is 0 Å². The number of carbonyl (C=O) groups excluding carboxylic acids is 1. The summed E-state index contributed by atoms with van der Waals surface area (Å²) >= 11 is 4.20. The van der Waals surface area contributed by atoms with Gasteiger partial charge in [0, 0.05) is 0 Å². The van der Waals surface area contributed by atoms with Crippen molar-refractivity contribution in [2.75, 3.05) is 11.9 Å². The van der Waals surface area contributed by atoms with Gasteiger partial charge in [-0.25, -0.2) is 13.6 Å². The molecule has 154 valence electrons. The molecule has 0 bridgehead atoms. The number of esters is 1. The van der Waals surface area contributed by atoms with Gasteiger partial charge in [0.15, 0.2) is 0 Å². The highest BCUT2D eigenvalue weighted by atomic mass is 79.9. The first kappa shape index (κ1) is 23.6. The van der Waals surface area contributed by atoms with Crippen molar-refractivity contribution in [2.45, 2.75) is 39.9 Å². The maximum atomic E-state index is 14.1. The van der Waals surface area contributed by atoms with Crippen LogP contribution in [-0.4, -0.2) is 57.8 Å². The van der Waals surface area contributed by atoms with Gasteiger partial charge in [0.25, 0.3) is 10.2 Å². The molecule has 16 heteroatoms. The van der Waals surface area contributed by atoms with Gasteiger partial charge in [0.2, 0.25) is 0 Å². The van der Waals surface area contributed by atoms with Crippen molar-refractivity contribution in [1.82, 2.24) is 0 Å². The summed E-state index contributed by atoms with van der Waals surface area (Å²) < 4.78 is 160. The predicted octanol–water partition coefficient (Wildman–Crippen LogP) is 4.88. The van der Waals surface area contributed by atoms with E-state index in [0.29, 0.717) is 0 Å². The maximum absolute atomic E-state index is 14.1. The van der Waals surface area contributed by atoms with Gasteiger partial charge in [0.1, 0.15) is 6.61 Å². The number of hydrogen-bond acceptors (Lipinski definition) is 2. The minimum atomic E-state index is -7.37. The molecule has 0 amide bonds. The van der Waals surface area contributed by atoms with Gasteiger partial charge in [0.05, 0.1) is 5.33 Å². The summed E-state index contributed by atoms with van der Waals surface area (Å²) in [6, 6.07) is 0. The lowest BCUT2D eigenvalue weighted by Gasteiger charge is -2.52. The molecule has 0 radical (unpaired) electrons. The van der Waals surface area contributed by atoms with Crippen LogP contribution in [0.5, 0.6) is 0 Å². The fourth-order valence-electron chi connectivity index (χ4n) is 1.79. The van der Waals surface area contributed by atoms with E-state index in [0.717, 1.165) is 0 Å². The molecule has 1 rings (SSSR count). The van der Waals surface area contributed by atoms with E-state index in [1.54, 1.807) is 0 Å². The second-order valence-electron chi connectivity index (χ2n) is 5.09. The first-order valence-corrected chi connectivity index (χ1v) is 7.79. The van der Waals surface area contributed by atoms with E-state index in [9.17, 15) is 57.5 Å². The molecule has 0 aromatic rings. The molecule has 0 saturated heterocycles. The summed E-state index contributed by atoms with van der Waals surface area (Å²) in [6.45, 7) is -3.28. The molecule has 2 nitrogen and oxygen atoms in total. The Balaban J connectivity index is 3.50. The normalized spacial score (nSPS) is 29.5. The third kappa shape index (κ3) is 2.56. The third-order valence-electron chi connectivity index (χ3n) is 3.44. The molecular formula is C10H4Br2F12O2. The van der Waals surface area contributed by atoms with E-state index in [1.165, 1.54) is 0 Å². The summed E-state index contributed by atoms with van der Waals surface area (Å²) in [5, 5.41) is -1.06. The van der Waals surface area contributed by atoms with Gasteiger partial charge >= 0.3 is 35.6 Å². The Morgan fingerprint density at radius 1 is 0.769 bits per heavy atom. The molecular weight excluding hydrogens is 540 g/mol. The Morgan fingerprint density at radius 3 is 1.38 bits per heavy atom. The SMILES string of the molecule is O=C(OCC1(F)C(F)(F)C(F)(F)C(F)(F)C(F)(F)C1(F)F)C(F)(Br)CBr. The van der Waals surface area contributed by atoms with Crippen molar-refractivity contribution in [3.8, 4) is 0 Å². The second kappa shape index (κ2) is 6.04. The largest absolute Gasteiger partial charge is 0.459 e. The molecule has 0 aromatic carbocycles. The van der Waals surface area contributed by atoms with E-state index in [-0.39, 0.29) is 0 Å². The molecule has 0 spiro atoms. The lowest BCUT2D eigenvalue weighted by Crippen LogP contribution is -2.84. The van der Waals surface area contributed by atoms with Gasteiger partial charge in [-0.1, -0.05) is 15.9 Å². The van der Waals surface area contributed by atoms with Crippen LogP contribution < -0.4 is 0 Å². The maximum Gasteiger partial charge on any atom is 0.384 e. The molecule has 0 aromatic heterocycles. The molecule has 1 unspecified atom stereocenters. The lowest BCUT2D eigenvalue weighted by atomic mass is 9.72. The lowest BCUT2D eigenvalue weighted by molar-refractivity contribution is -0.487. The summed E-state index contributed by atoms with van der Waals surface area (Å²) in [5.41, 5.74) is -6.50. The molecule has 1 fully saturated rings. The van der Waals surface area contributed by atoms with Crippen molar-refractivity contribution >= 4 is 37.8 Å². The number of carbonyl (C=O) groups is 1. The highest BCUT2D eigenvalue weighted by Gasteiger charge is 3.01. The quantitative estimate of drug-likeness (QED) is 0.287. The van der Waals surface area contributed by atoms with Crippen LogP contribution in [0, 0.1) is 0 Å². The Bertz CT molecular complexity index is 561. The van der Waals surface area contributed by atoms with Crippen LogP contribution in [0.2, 0.25) is 0 Å². The van der Waals surface area contributed by atoms with Gasteiger partial charge in [-0.2, -0.15) is 43.9 Å². The molecule has 1 aliphatic rings. The topological polar surface area (TPSA) is 26.3 Å². The van der Waals surface area contributed by atoms with Gasteiger partial charge in [-0.05, 0) is 15.9 Å². The van der Waals surface area contributed by atoms with Crippen LogP contribution in [0.3, 0.4) is 0 Å². The minimum Gasteiger partial charge on any atom is -0.459 e. The Labute approximate surface area is 152 Å². The zero-order chi connectivity index (χ0) is 21.2. The third-order valence-corrected chi connectivity index (χ3v) is 5.57. The molecule has 1 atom stereocenters. The monoisotopic (exact) mass is 542 g/mol. The van der Waals surface area contributed by atoms with Crippen molar-refractivity contribution in [3.05, 3.63) is 0 Å². The molecule has 0 heterocycles. The molecule has 26 heavy (non-hydrogen) atoms. The minimum absolute atomic E-state index is 1.06. The van der Waals surface area contributed by atoms with E-state index in [2.05, 4.69) is 20.7 Å². The van der Waals surface area contributed by atoms with Gasteiger partial charge in [-0.15, -0.1) is 0 Å². The summed E-state index contributed by atoms with van der Waals surface area (Å²) in [4.78, 5) is 11.1. The van der Waals surface area contributed by atoms with E-state index >= 15 is 0 Å². The highest BCUT2D eigenvalue weighted by molar-refractivity contribution is 9.12. The highest BCUT2D eigenvalue weighted by Crippen LogP contribution is 2.69. The molecule has 1 saturated carbocycles. The van der Waals surface area contributed by atoms with E-state index in [1.807, 2.05) is 15.9 Å². The molecule has 0 N–H and O–H groups in total. The zero-order valence-corrected chi connectivity index (χ0v) is 14.7. The Hall–Kier alpha value is -0.410. The van der Waals surface area contributed by atoms with Crippen LogP contribution in [-0.2, 0) is 9.53 Å². The van der Waals surface area contributed by atoms with E-state index < -0.39 is 57.8 Å². The van der Waals surface area contributed by atoms with Crippen LogP contribution >= 0.6 is 31.9 Å². The summed E-state index contributed by atoms with van der Waals surface area (Å²) in [7, 11) is 0. The Kier molecular flexibility index (Phi) is 5.49. The number of alkyl halides is 14. The Morgan fingerprint density at radius 2 is 1.08 bits per heavy atom. The van der Waals surface area contributed by atoms with Gasteiger partial charge < -0.3 is 4.74 Å². The predicted molar refractivity (Wildman–Crippen MR) is 66.1 cm³/mol. The second-order valence-corrected chi connectivity index (χ2v) is 6.91. The summed E-state index contributed by atoms with van der Waals surface area (Å²) in [5.74, 6) is -38.8. The first-order valence-electron chi connectivity index (χ1n) is 5.88. The smallest absolute Gasteiger partial charge is 0.384 e. The van der Waals surface area contributed by atoms with Crippen molar-refractivity contribution < 1.29 is 62.2 Å². The fourth-order valence-corrected chi connectivity index (χ4v) is 2.14.